The first-order valence-corrected chi connectivity index (χ1v) is 9.94. The first-order valence-electron chi connectivity index (χ1n) is 9.94. The van der Waals surface area contributed by atoms with Crippen molar-refractivity contribution in [2.75, 3.05) is 13.1 Å². The molecule has 27 heavy (non-hydrogen) atoms. The SMILES string of the molecule is CCNC(=NCc1cccc(F)c1)NCCCc1nnc2n1CCCCC2. The zero-order valence-corrected chi connectivity index (χ0v) is 16.0. The van der Waals surface area contributed by atoms with Crippen molar-refractivity contribution in [3.05, 3.63) is 47.3 Å². The van der Waals surface area contributed by atoms with Gasteiger partial charge in [0, 0.05) is 32.5 Å². The molecule has 0 atom stereocenters. The normalized spacial score (nSPS) is 14.5. The summed E-state index contributed by atoms with van der Waals surface area (Å²) in [4.78, 5) is 4.54. The lowest BCUT2D eigenvalue weighted by Gasteiger charge is -2.11. The van der Waals surface area contributed by atoms with Crippen LogP contribution in [0.1, 0.15) is 49.8 Å². The predicted octanol–water partition coefficient (Wildman–Crippen LogP) is 2.83. The van der Waals surface area contributed by atoms with E-state index in [0.29, 0.717) is 6.54 Å². The number of hydrogen-bond acceptors (Lipinski definition) is 3. The van der Waals surface area contributed by atoms with E-state index in [9.17, 15) is 4.39 Å². The number of guanidine groups is 1. The zero-order chi connectivity index (χ0) is 18.9. The third kappa shape index (κ3) is 5.77. The maximum absolute atomic E-state index is 13.3. The molecule has 6 nitrogen and oxygen atoms in total. The predicted molar refractivity (Wildman–Crippen MR) is 105 cm³/mol. The second-order valence-corrected chi connectivity index (χ2v) is 6.85. The number of nitrogens with zero attached hydrogens (tertiary/aromatic N) is 4. The van der Waals surface area contributed by atoms with Crippen LogP contribution in [0.25, 0.3) is 0 Å². The van der Waals surface area contributed by atoms with Crippen molar-refractivity contribution in [1.29, 1.82) is 0 Å². The summed E-state index contributed by atoms with van der Waals surface area (Å²) < 4.78 is 15.6. The lowest BCUT2D eigenvalue weighted by atomic mass is 10.2. The van der Waals surface area contributed by atoms with Gasteiger partial charge in [-0.1, -0.05) is 18.6 Å². The van der Waals surface area contributed by atoms with Crippen molar-refractivity contribution in [2.24, 2.45) is 4.99 Å². The second-order valence-electron chi connectivity index (χ2n) is 6.85. The van der Waals surface area contributed by atoms with E-state index in [1.807, 2.05) is 13.0 Å². The molecule has 0 saturated heterocycles. The van der Waals surface area contributed by atoms with Crippen LogP contribution in [0.2, 0.25) is 0 Å². The number of aliphatic imine (C=N–C) groups is 1. The number of fused-ring (bicyclic) bond motifs is 1. The van der Waals surface area contributed by atoms with Crippen LogP contribution in [0.3, 0.4) is 0 Å². The number of aromatic nitrogens is 3. The summed E-state index contributed by atoms with van der Waals surface area (Å²) in [7, 11) is 0. The molecule has 1 aliphatic rings. The van der Waals surface area contributed by atoms with Crippen LogP contribution in [0.4, 0.5) is 4.39 Å². The van der Waals surface area contributed by atoms with E-state index >= 15 is 0 Å². The minimum absolute atomic E-state index is 0.229. The Balaban J connectivity index is 1.48. The zero-order valence-electron chi connectivity index (χ0n) is 16.0. The molecular weight excluding hydrogens is 343 g/mol. The van der Waals surface area contributed by atoms with Gasteiger partial charge in [0.2, 0.25) is 0 Å². The highest BCUT2D eigenvalue weighted by Crippen LogP contribution is 2.15. The molecule has 3 rings (SSSR count). The molecule has 7 heteroatoms. The van der Waals surface area contributed by atoms with Gasteiger partial charge in [-0.3, -0.25) is 0 Å². The molecular formula is C20H29FN6. The van der Waals surface area contributed by atoms with Crippen molar-refractivity contribution < 1.29 is 4.39 Å². The van der Waals surface area contributed by atoms with Gasteiger partial charge >= 0.3 is 0 Å². The average Bonchev–Trinajstić information content (AvgIpc) is 2.89. The molecule has 1 aliphatic heterocycles. The maximum Gasteiger partial charge on any atom is 0.191 e. The quantitative estimate of drug-likeness (QED) is 0.446. The standard InChI is InChI=1S/C20H29FN6/c1-2-22-20(24-15-16-8-6-9-17(21)14-16)23-12-7-11-19-26-25-18-10-4-3-5-13-27(18)19/h6,8-9,14H,2-5,7,10-13,15H2,1H3,(H2,22,23,24). The Hall–Kier alpha value is -2.44. The third-order valence-corrected chi connectivity index (χ3v) is 4.71. The Bertz CT molecular complexity index is 755. The highest BCUT2D eigenvalue weighted by Gasteiger charge is 2.14. The summed E-state index contributed by atoms with van der Waals surface area (Å²) in [5.41, 5.74) is 0.860. The first-order chi connectivity index (χ1) is 13.3. The van der Waals surface area contributed by atoms with E-state index in [2.05, 4.69) is 30.4 Å². The monoisotopic (exact) mass is 372 g/mol. The van der Waals surface area contributed by atoms with Gasteiger partial charge in [-0.25, -0.2) is 9.38 Å². The van der Waals surface area contributed by atoms with Crippen LogP contribution in [0.15, 0.2) is 29.3 Å². The summed E-state index contributed by atoms with van der Waals surface area (Å²) in [5.74, 6) is 2.76. The Kier molecular flexibility index (Phi) is 7.19. The topological polar surface area (TPSA) is 67.1 Å². The highest BCUT2D eigenvalue weighted by molar-refractivity contribution is 5.79. The van der Waals surface area contributed by atoms with Crippen LogP contribution < -0.4 is 10.6 Å². The number of rotatable bonds is 7. The number of benzene rings is 1. The highest BCUT2D eigenvalue weighted by atomic mass is 19.1. The minimum Gasteiger partial charge on any atom is -0.357 e. The Morgan fingerprint density at radius 3 is 3.00 bits per heavy atom. The van der Waals surface area contributed by atoms with Gasteiger partial charge in [0.1, 0.15) is 17.5 Å². The second kappa shape index (κ2) is 10.0. The Labute approximate surface area is 160 Å². The number of nitrogens with one attached hydrogen (secondary N) is 2. The van der Waals surface area contributed by atoms with E-state index in [1.165, 1.54) is 31.4 Å². The van der Waals surface area contributed by atoms with Crippen LogP contribution in [-0.4, -0.2) is 33.8 Å². The minimum atomic E-state index is -0.229. The molecule has 0 radical (unpaired) electrons. The molecule has 0 aliphatic carbocycles. The fourth-order valence-corrected chi connectivity index (χ4v) is 3.33. The number of hydrogen-bond donors (Lipinski definition) is 2. The van der Waals surface area contributed by atoms with Gasteiger partial charge in [0.25, 0.3) is 0 Å². The molecule has 146 valence electrons. The van der Waals surface area contributed by atoms with Gasteiger partial charge < -0.3 is 15.2 Å². The van der Waals surface area contributed by atoms with Crippen LogP contribution >= 0.6 is 0 Å². The summed E-state index contributed by atoms with van der Waals surface area (Å²) >= 11 is 0. The Morgan fingerprint density at radius 2 is 2.15 bits per heavy atom. The average molecular weight is 372 g/mol. The largest absolute Gasteiger partial charge is 0.357 e. The summed E-state index contributed by atoms with van der Waals surface area (Å²) in [6.07, 6.45) is 6.62. The molecule has 0 unspecified atom stereocenters. The Morgan fingerprint density at radius 1 is 1.22 bits per heavy atom. The van der Waals surface area contributed by atoms with Crippen molar-refractivity contribution in [3.8, 4) is 0 Å². The molecule has 1 aromatic heterocycles. The van der Waals surface area contributed by atoms with E-state index < -0.39 is 0 Å². The van der Waals surface area contributed by atoms with Gasteiger partial charge in [-0.2, -0.15) is 0 Å². The van der Waals surface area contributed by atoms with Crippen molar-refractivity contribution >= 4 is 5.96 Å². The summed E-state index contributed by atoms with van der Waals surface area (Å²) in [6, 6.07) is 6.56. The van der Waals surface area contributed by atoms with Gasteiger partial charge in [0.15, 0.2) is 5.96 Å². The molecule has 2 N–H and O–H groups in total. The van der Waals surface area contributed by atoms with Gasteiger partial charge in [-0.05, 0) is 43.9 Å². The lowest BCUT2D eigenvalue weighted by molar-refractivity contribution is 0.594. The van der Waals surface area contributed by atoms with Crippen LogP contribution in [0, 0.1) is 5.82 Å². The number of aryl methyl sites for hydroxylation is 2. The molecule has 0 spiro atoms. The van der Waals surface area contributed by atoms with E-state index in [4.69, 9.17) is 0 Å². The van der Waals surface area contributed by atoms with Crippen molar-refractivity contribution in [1.82, 2.24) is 25.4 Å². The van der Waals surface area contributed by atoms with E-state index in [-0.39, 0.29) is 5.82 Å². The molecule has 2 heterocycles. The molecule has 0 saturated carbocycles. The fraction of sp³-hybridized carbons (Fsp3) is 0.550. The molecule has 0 bridgehead atoms. The van der Waals surface area contributed by atoms with Crippen LogP contribution in [0.5, 0.6) is 0 Å². The molecule has 2 aromatic rings. The van der Waals surface area contributed by atoms with Crippen LogP contribution in [-0.2, 0) is 25.9 Å². The van der Waals surface area contributed by atoms with Gasteiger partial charge in [-0.15, -0.1) is 10.2 Å². The van der Waals surface area contributed by atoms with Crippen molar-refractivity contribution in [2.45, 2.75) is 58.5 Å². The van der Waals surface area contributed by atoms with E-state index in [0.717, 1.165) is 62.1 Å². The summed E-state index contributed by atoms with van der Waals surface area (Å²) in [5, 5.41) is 15.3. The molecule has 0 fully saturated rings. The third-order valence-electron chi connectivity index (χ3n) is 4.71. The van der Waals surface area contributed by atoms with Gasteiger partial charge in [0.05, 0.1) is 6.54 Å². The number of halogens is 1. The van der Waals surface area contributed by atoms with E-state index in [1.54, 1.807) is 6.07 Å². The fourth-order valence-electron chi connectivity index (χ4n) is 3.33. The summed E-state index contributed by atoms with van der Waals surface area (Å²) in [6.45, 7) is 5.11. The molecule has 1 aromatic carbocycles. The first kappa shape index (κ1) is 19.3. The lowest BCUT2D eigenvalue weighted by Crippen LogP contribution is -2.37. The molecule has 0 amide bonds. The maximum atomic E-state index is 13.3. The smallest absolute Gasteiger partial charge is 0.191 e. The van der Waals surface area contributed by atoms with Crippen molar-refractivity contribution in [3.63, 3.8) is 0 Å².